The molecule has 7 nitrogen and oxygen atoms in total. The fourth-order valence-electron chi connectivity index (χ4n) is 1.83. The van der Waals surface area contributed by atoms with E-state index in [1.807, 2.05) is 0 Å². The average molecular weight is 270 g/mol. The Morgan fingerprint density at radius 3 is 2.90 bits per heavy atom. The Morgan fingerprint density at radius 2 is 2.10 bits per heavy atom. The standard InChI is InChI=1S/C13H10N4O3/c1-8-15-16-11-12(14-6-7-17(8)11)20-10-5-3-2-4-9(10)13(18)19/h2-7H,1H3,(H,18,19). The summed E-state index contributed by atoms with van der Waals surface area (Å²) in [6.45, 7) is 1.80. The lowest BCUT2D eigenvalue weighted by molar-refractivity contribution is 0.0694. The Morgan fingerprint density at radius 1 is 1.30 bits per heavy atom. The Kier molecular flexibility index (Phi) is 2.79. The molecule has 0 aliphatic heterocycles. The minimum Gasteiger partial charge on any atom is -0.478 e. The van der Waals surface area contributed by atoms with Crippen molar-refractivity contribution in [3.05, 3.63) is 48.0 Å². The molecule has 0 spiro atoms. The predicted octanol–water partition coefficient (Wildman–Crippen LogP) is 1.92. The van der Waals surface area contributed by atoms with E-state index in [1.54, 1.807) is 41.9 Å². The lowest BCUT2D eigenvalue weighted by Crippen LogP contribution is -2.01. The number of carbonyl (C=O) groups is 1. The van der Waals surface area contributed by atoms with Crippen molar-refractivity contribution >= 4 is 11.6 Å². The molecule has 3 aromatic rings. The van der Waals surface area contributed by atoms with Crippen LogP contribution in [-0.2, 0) is 0 Å². The number of hydrogen-bond acceptors (Lipinski definition) is 5. The molecule has 0 saturated carbocycles. The second-order valence-corrected chi connectivity index (χ2v) is 4.08. The Balaban J connectivity index is 2.08. The number of carboxylic acids is 1. The molecule has 0 bridgehead atoms. The van der Waals surface area contributed by atoms with Crippen molar-refractivity contribution in [1.82, 2.24) is 19.6 Å². The highest BCUT2D eigenvalue weighted by Crippen LogP contribution is 2.26. The van der Waals surface area contributed by atoms with E-state index in [2.05, 4.69) is 15.2 Å². The quantitative estimate of drug-likeness (QED) is 0.782. The molecule has 0 saturated heterocycles. The number of nitrogens with zero attached hydrogens (tertiary/aromatic N) is 4. The van der Waals surface area contributed by atoms with Crippen molar-refractivity contribution in [3.63, 3.8) is 0 Å². The molecule has 0 aliphatic rings. The third kappa shape index (κ3) is 1.95. The number of ether oxygens (including phenoxy) is 1. The fourth-order valence-corrected chi connectivity index (χ4v) is 1.83. The van der Waals surface area contributed by atoms with E-state index in [4.69, 9.17) is 9.84 Å². The summed E-state index contributed by atoms with van der Waals surface area (Å²) in [4.78, 5) is 15.2. The molecule has 7 heteroatoms. The van der Waals surface area contributed by atoms with Gasteiger partial charge in [-0.2, -0.15) is 0 Å². The third-order valence-corrected chi connectivity index (χ3v) is 2.79. The van der Waals surface area contributed by atoms with Crippen molar-refractivity contribution in [2.75, 3.05) is 0 Å². The van der Waals surface area contributed by atoms with Gasteiger partial charge in [-0.3, -0.25) is 4.40 Å². The summed E-state index contributed by atoms with van der Waals surface area (Å²) < 4.78 is 7.30. The average Bonchev–Trinajstić information content (AvgIpc) is 2.82. The largest absolute Gasteiger partial charge is 0.478 e. The minimum atomic E-state index is -1.06. The Bertz CT molecular complexity index is 797. The second-order valence-electron chi connectivity index (χ2n) is 4.08. The summed E-state index contributed by atoms with van der Waals surface area (Å²) in [5, 5.41) is 17.0. The molecule has 0 aliphatic carbocycles. The molecule has 2 aromatic heterocycles. The smallest absolute Gasteiger partial charge is 0.339 e. The first kappa shape index (κ1) is 12.1. The Labute approximate surface area is 113 Å². The number of para-hydroxylation sites is 1. The van der Waals surface area contributed by atoms with Gasteiger partial charge < -0.3 is 9.84 Å². The van der Waals surface area contributed by atoms with Crippen molar-refractivity contribution in [3.8, 4) is 11.6 Å². The van der Waals surface area contributed by atoms with E-state index < -0.39 is 5.97 Å². The summed E-state index contributed by atoms with van der Waals surface area (Å²) >= 11 is 0. The molecule has 0 fully saturated rings. The van der Waals surface area contributed by atoms with E-state index in [0.29, 0.717) is 11.5 Å². The lowest BCUT2D eigenvalue weighted by Gasteiger charge is -2.07. The third-order valence-electron chi connectivity index (χ3n) is 2.79. The lowest BCUT2D eigenvalue weighted by atomic mass is 10.2. The fraction of sp³-hybridized carbons (Fsp3) is 0.0769. The first-order chi connectivity index (χ1) is 9.66. The van der Waals surface area contributed by atoms with Crippen molar-refractivity contribution in [2.45, 2.75) is 6.92 Å². The molecule has 1 aromatic carbocycles. The molecule has 100 valence electrons. The van der Waals surface area contributed by atoms with E-state index in [-0.39, 0.29) is 17.2 Å². The molecular weight excluding hydrogens is 260 g/mol. The van der Waals surface area contributed by atoms with E-state index in [1.165, 1.54) is 6.07 Å². The van der Waals surface area contributed by atoms with Crippen LogP contribution in [0.15, 0.2) is 36.7 Å². The first-order valence-corrected chi connectivity index (χ1v) is 5.83. The topological polar surface area (TPSA) is 89.6 Å². The molecule has 20 heavy (non-hydrogen) atoms. The van der Waals surface area contributed by atoms with Gasteiger partial charge in [0, 0.05) is 12.4 Å². The Hall–Kier alpha value is -2.96. The zero-order valence-electron chi connectivity index (χ0n) is 10.5. The van der Waals surface area contributed by atoms with Crippen LogP contribution >= 0.6 is 0 Å². The number of aromatic carboxylic acids is 1. The van der Waals surface area contributed by atoms with E-state index >= 15 is 0 Å². The van der Waals surface area contributed by atoms with Crippen LogP contribution in [0.5, 0.6) is 11.6 Å². The van der Waals surface area contributed by atoms with E-state index in [9.17, 15) is 4.79 Å². The molecular formula is C13H10N4O3. The SMILES string of the molecule is Cc1nnc2c(Oc3ccccc3C(=O)O)nccn12. The maximum absolute atomic E-state index is 11.1. The maximum Gasteiger partial charge on any atom is 0.339 e. The number of rotatable bonds is 3. The van der Waals surface area contributed by atoms with Crippen LogP contribution in [-0.4, -0.2) is 30.7 Å². The van der Waals surface area contributed by atoms with Gasteiger partial charge in [-0.25, -0.2) is 9.78 Å². The van der Waals surface area contributed by atoms with Gasteiger partial charge in [-0.15, -0.1) is 10.2 Å². The van der Waals surface area contributed by atoms with Gasteiger partial charge in [0.05, 0.1) is 0 Å². The molecule has 2 heterocycles. The summed E-state index contributed by atoms with van der Waals surface area (Å²) in [6, 6.07) is 6.35. The van der Waals surface area contributed by atoms with Crippen LogP contribution in [0, 0.1) is 6.92 Å². The van der Waals surface area contributed by atoms with Crippen LogP contribution in [0.2, 0.25) is 0 Å². The number of hydrogen-bond donors (Lipinski definition) is 1. The maximum atomic E-state index is 11.1. The highest BCUT2D eigenvalue weighted by molar-refractivity contribution is 5.91. The zero-order chi connectivity index (χ0) is 14.1. The van der Waals surface area contributed by atoms with Gasteiger partial charge in [0.2, 0.25) is 5.65 Å². The summed E-state index contributed by atoms with van der Waals surface area (Å²) in [6.07, 6.45) is 3.25. The molecule has 0 radical (unpaired) electrons. The van der Waals surface area contributed by atoms with Crippen molar-refractivity contribution in [2.24, 2.45) is 0 Å². The van der Waals surface area contributed by atoms with Crippen LogP contribution < -0.4 is 4.74 Å². The number of aromatic nitrogens is 4. The highest BCUT2D eigenvalue weighted by atomic mass is 16.5. The monoisotopic (exact) mass is 270 g/mol. The van der Waals surface area contributed by atoms with Crippen LogP contribution in [0.1, 0.15) is 16.2 Å². The van der Waals surface area contributed by atoms with Gasteiger partial charge in [-0.05, 0) is 19.1 Å². The number of benzene rings is 1. The summed E-state index contributed by atoms with van der Waals surface area (Å²) in [7, 11) is 0. The van der Waals surface area contributed by atoms with Gasteiger partial charge in [0.1, 0.15) is 17.1 Å². The van der Waals surface area contributed by atoms with Crippen molar-refractivity contribution in [1.29, 1.82) is 0 Å². The van der Waals surface area contributed by atoms with Gasteiger partial charge in [0.15, 0.2) is 0 Å². The molecule has 0 unspecified atom stereocenters. The van der Waals surface area contributed by atoms with Gasteiger partial charge >= 0.3 is 5.97 Å². The normalized spacial score (nSPS) is 10.7. The summed E-state index contributed by atoms with van der Waals surface area (Å²) in [5.41, 5.74) is 0.498. The van der Waals surface area contributed by atoms with Crippen LogP contribution in [0.4, 0.5) is 0 Å². The second kappa shape index (κ2) is 4.61. The van der Waals surface area contributed by atoms with Gasteiger partial charge in [-0.1, -0.05) is 12.1 Å². The molecule has 0 atom stereocenters. The zero-order valence-corrected chi connectivity index (χ0v) is 10.5. The van der Waals surface area contributed by atoms with Crippen molar-refractivity contribution < 1.29 is 14.6 Å². The number of fused-ring (bicyclic) bond motifs is 1. The number of carboxylic acid groups (broad SMARTS) is 1. The van der Waals surface area contributed by atoms with Crippen LogP contribution in [0.3, 0.4) is 0 Å². The first-order valence-electron chi connectivity index (χ1n) is 5.83. The highest BCUT2D eigenvalue weighted by Gasteiger charge is 2.15. The molecule has 1 N–H and O–H groups in total. The molecule has 3 rings (SSSR count). The summed E-state index contributed by atoms with van der Waals surface area (Å²) in [5.74, 6) is 0.0482. The predicted molar refractivity (Wildman–Crippen MR) is 69.0 cm³/mol. The van der Waals surface area contributed by atoms with Gasteiger partial charge in [0.25, 0.3) is 5.88 Å². The minimum absolute atomic E-state index is 0.0625. The molecule has 0 amide bonds. The van der Waals surface area contributed by atoms with Crippen LogP contribution in [0.25, 0.3) is 5.65 Å². The number of aryl methyl sites for hydroxylation is 1. The van der Waals surface area contributed by atoms with E-state index in [0.717, 1.165) is 0 Å².